The van der Waals surface area contributed by atoms with Crippen LogP contribution in [0.4, 0.5) is 10.5 Å². The van der Waals surface area contributed by atoms with Gasteiger partial charge in [-0.15, -0.1) is 11.6 Å². The second-order valence-electron chi connectivity index (χ2n) is 9.00. The third-order valence-corrected chi connectivity index (χ3v) is 6.61. The molecule has 1 aromatic carbocycles. The number of non-ortho nitro benzene ring substituents is 1. The average molecular weight is 582 g/mol. The van der Waals surface area contributed by atoms with E-state index in [2.05, 4.69) is 5.32 Å². The second-order valence-corrected chi connectivity index (χ2v) is 9.38. The number of nitro groups is 1. The fraction of sp³-hybridized carbons (Fsp3) is 0.682. The number of carbonyl (C=O) groups is 1. The van der Waals surface area contributed by atoms with Gasteiger partial charge in [0.05, 0.1) is 24.7 Å². The highest BCUT2D eigenvalue weighted by molar-refractivity contribution is 6.18. The zero-order valence-electron chi connectivity index (χ0n) is 20.5. The van der Waals surface area contributed by atoms with Gasteiger partial charge < -0.3 is 55.3 Å². The number of hydrogen-bond donors (Lipinski definition) is 8. The van der Waals surface area contributed by atoms with Gasteiger partial charge in [-0.25, -0.2) is 4.79 Å². The molecule has 0 bridgehead atoms. The molecule has 0 spiro atoms. The van der Waals surface area contributed by atoms with Gasteiger partial charge in [0.2, 0.25) is 0 Å². The molecule has 17 heteroatoms. The molecular formula is C22H32ClN3O13. The van der Waals surface area contributed by atoms with Crippen LogP contribution in [0.2, 0.25) is 0 Å². The highest BCUT2D eigenvalue weighted by Crippen LogP contribution is 2.31. The number of rotatable bonds is 10. The van der Waals surface area contributed by atoms with Crippen LogP contribution in [0, 0.1) is 10.1 Å². The molecule has 220 valence electrons. The number of hydrogen-bond acceptors (Lipinski definition) is 13. The van der Waals surface area contributed by atoms with Gasteiger partial charge in [-0.2, -0.15) is 0 Å². The van der Waals surface area contributed by atoms with Gasteiger partial charge in [0, 0.05) is 24.6 Å². The first-order valence-electron chi connectivity index (χ1n) is 12.0. The highest BCUT2D eigenvalue weighted by atomic mass is 35.5. The monoisotopic (exact) mass is 581 g/mol. The lowest BCUT2D eigenvalue weighted by Crippen LogP contribution is -2.67. The predicted molar refractivity (Wildman–Crippen MR) is 129 cm³/mol. The molecule has 16 nitrogen and oxygen atoms in total. The van der Waals surface area contributed by atoms with Crippen molar-refractivity contribution in [1.29, 1.82) is 0 Å². The highest BCUT2D eigenvalue weighted by Gasteiger charge is 2.52. The summed E-state index contributed by atoms with van der Waals surface area (Å²) < 4.78 is 16.6. The summed E-state index contributed by atoms with van der Waals surface area (Å²) in [6, 6.07) is 4.45. The number of aliphatic hydroxyl groups excluding tert-OH is 7. The maximum Gasteiger partial charge on any atom is 0.319 e. The first-order chi connectivity index (χ1) is 18.5. The first-order valence-corrected chi connectivity index (χ1v) is 12.5. The van der Waals surface area contributed by atoms with Crippen molar-refractivity contribution in [1.82, 2.24) is 10.2 Å². The van der Waals surface area contributed by atoms with E-state index in [0.29, 0.717) is 5.56 Å². The fourth-order valence-corrected chi connectivity index (χ4v) is 4.37. The summed E-state index contributed by atoms with van der Waals surface area (Å²) in [5, 5.41) is 84.9. The molecule has 2 saturated heterocycles. The molecule has 0 aromatic heterocycles. The Morgan fingerprint density at radius 2 is 1.62 bits per heavy atom. The normalized spacial score (nSPS) is 34.9. The van der Waals surface area contributed by atoms with Crippen molar-refractivity contribution >= 4 is 23.3 Å². The van der Waals surface area contributed by atoms with E-state index >= 15 is 0 Å². The molecular weight excluding hydrogens is 550 g/mol. The first kappa shape index (κ1) is 31.3. The van der Waals surface area contributed by atoms with E-state index in [9.17, 15) is 50.7 Å². The summed E-state index contributed by atoms with van der Waals surface area (Å²) in [6.45, 7) is -1.74. The van der Waals surface area contributed by atoms with Crippen molar-refractivity contribution in [3.63, 3.8) is 0 Å². The number of nitro benzene ring substituents is 1. The number of amides is 2. The van der Waals surface area contributed by atoms with E-state index in [1.807, 2.05) is 0 Å². The van der Waals surface area contributed by atoms with Gasteiger partial charge in [-0.3, -0.25) is 15.0 Å². The standard InChI is InChI=1S/C22H32ClN3O13/c23-5-6-24-22(34)25(7-10-1-3-11(4-2-10)26(35)36)20-17(32)16(31)19(13(9-28)37-20)39-21-18(33)15(30)14(29)12(8-27)38-21/h1-4,12-21,27-33H,5-9H2,(H,24,34)/t12-,13-,14-,15+,16-,17-,18-,19-,20?,21-/m1/s1. The minimum absolute atomic E-state index is 0.0365. The molecule has 0 aliphatic carbocycles. The Morgan fingerprint density at radius 3 is 2.18 bits per heavy atom. The number of carbonyl (C=O) groups excluding carboxylic acids is 1. The maximum absolute atomic E-state index is 13.0. The van der Waals surface area contributed by atoms with Crippen molar-refractivity contribution < 1.29 is 59.7 Å². The third-order valence-electron chi connectivity index (χ3n) is 6.42. The van der Waals surface area contributed by atoms with Gasteiger partial charge >= 0.3 is 6.03 Å². The summed E-state index contributed by atoms with van der Waals surface area (Å²) >= 11 is 5.66. The lowest BCUT2D eigenvalue weighted by Gasteiger charge is -2.48. The third kappa shape index (κ3) is 7.11. The molecule has 1 aromatic rings. The van der Waals surface area contributed by atoms with Crippen LogP contribution in [0.3, 0.4) is 0 Å². The summed E-state index contributed by atoms with van der Waals surface area (Å²) in [5.74, 6) is 0.0576. The molecule has 39 heavy (non-hydrogen) atoms. The van der Waals surface area contributed by atoms with E-state index in [1.54, 1.807) is 0 Å². The van der Waals surface area contributed by atoms with E-state index in [-0.39, 0.29) is 24.7 Å². The van der Waals surface area contributed by atoms with E-state index in [4.69, 9.17) is 25.8 Å². The largest absolute Gasteiger partial charge is 0.394 e. The van der Waals surface area contributed by atoms with Gasteiger partial charge in [0.25, 0.3) is 5.69 Å². The summed E-state index contributed by atoms with van der Waals surface area (Å²) in [4.78, 5) is 24.3. The summed E-state index contributed by atoms with van der Waals surface area (Å²) in [5.41, 5.74) is 0.224. The Bertz CT molecular complexity index is 956. The zero-order valence-corrected chi connectivity index (χ0v) is 21.2. The molecule has 0 saturated carbocycles. The molecule has 2 amide bonds. The minimum Gasteiger partial charge on any atom is -0.394 e. The Kier molecular flexibility index (Phi) is 11.2. The molecule has 8 N–H and O–H groups in total. The van der Waals surface area contributed by atoms with Crippen molar-refractivity contribution in [3.8, 4) is 0 Å². The predicted octanol–water partition coefficient (Wildman–Crippen LogP) is -3.03. The molecule has 10 atom stereocenters. The van der Waals surface area contributed by atoms with E-state index in [1.165, 1.54) is 24.3 Å². The molecule has 0 radical (unpaired) electrons. The topological polar surface area (TPSA) is 245 Å². The van der Waals surface area contributed by atoms with Crippen molar-refractivity contribution in [2.45, 2.75) is 67.9 Å². The van der Waals surface area contributed by atoms with Gasteiger partial charge in [-0.1, -0.05) is 12.1 Å². The number of alkyl halides is 1. The lowest BCUT2D eigenvalue weighted by atomic mass is 9.96. The van der Waals surface area contributed by atoms with Crippen molar-refractivity contribution in [3.05, 3.63) is 39.9 Å². The number of aliphatic hydroxyl groups is 7. The van der Waals surface area contributed by atoms with E-state index < -0.39 is 85.5 Å². The SMILES string of the molecule is O=C(NCCCl)N(Cc1ccc([N+](=O)[O-])cc1)C1O[C@H](CO)[C@@H](O[C@H]2O[C@H](CO)[C@@H](O)[C@H](O)[C@H]2O)[C@H](O)[C@H]1O. The number of halogens is 1. The van der Waals surface area contributed by atoms with Crippen LogP contribution in [-0.2, 0) is 20.8 Å². The quantitative estimate of drug-likeness (QED) is 0.0779. The van der Waals surface area contributed by atoms with Crippen LogP contribution in [0.1, 0.15) is 5.56 Å². The molecule has 2 heterocycles. The van der Waals surface area contributed by atoms with Crippen LogP contribution in [0.15, 0.2) is 24.3 Å². The van der Waals surface area contributed by atoms with Crippen molar-refractivity contribution in [2.75, 3.05) is 25.6 Å². The second kappa shape index (κ2) is 13.9. The minimum atomic E-state index is -1.84. The Labute approximate surface area is 227 Å². The molecule has 1 unspecified atom stereocenters. The van der Waals surface area contributed by atoms with Crippen LogP contribution >= 0.6 is 11.6 Å². The smallest absolute Gasteiger partial charge is 0.319 e. The van der Waals surface area contributed by atoms with E-state index in [0.717, 1.165) is 4.90 Å². The lowest BCUT2D eigenvalue weighted by molar-refractivity contribution is -0.384. The number of benzene rings is 1. The number of ether oxygens (including phenoxy) is 3. The fourth-order valence-electron chi connectivity index (χ4n) is 4.28. The Hall–Kier alpha value is -2.22. The van der Waals surface area contributed by atoms with Crippen LogP contribution < -0.4 is 5.32 Å². The zero-order chi connectivity index (χ0) is 28.9. The Morgan fingerprint density at radius 1 is 0.974 bits per heavy atom. The van der Waals surface area contributed by atoms with Gasteiger partial charge in [0.1, 0.15) is 48.8 Å². The van der Waals surface area contributed by atoms with Crippen LogP contribution in [0.25, 0.3) is 0 Å². The molecule has 2 aliphatic heterocycles. The summed E-state index contributed by atoms with van der Waals surface area (Å²) in [7, 11) is 0. The van der Waals surface area contributed by atoms with Gasteiger partial charge in [0.15, 0.2) is 12.5 Å². The molecule has 2 aliphatic rings. The van der Waals surface area contributed by atoms with Gasteiger partial charge in [-0.05, 0) is 5.56 Å². The number of urea groups is 1. The number of nitrogens with one attached hydrogen (secondary N) is 1. The van der Waals surface area contributed by atoms with Crippen LogP contribution in [0.5, 0.6) is 0 Å². The van der Waals surface area contributed by atoms with Crippen molar-refractivity contribution in [2.24, 2.45) is 0 Å². The summed E-state index contributed by atoms with van der Waals surface area (Å²) in [6.07, 6.45) is -16.5. The maximum atomic E-state index is 13.0. The average Bonchev–Trinajstić information content (AvgIpc) is 2.93. The molecule has 2 fully saturated rings. The number of nitrogens with zero attached hydrogens (tertiary/aromatic N) is 2. The molecule has 3 rings (SSSR count). The Balaban J connectivity index is 1.82. The van der Waals surface area contributed by atoms with Crippen LogP contribution in [-0.4, -0.2) is 139 Å².